The highest BCUT2D eigenvalue weighted by Crippen LogP contribution is 2.24. The van der Waals surface area contributed by atoms with E-state index in [4.69, 9.17) is 4.52 Å². The van der Waals surface area contributed by atoms with Gasteiger partial charge in [0.15, 0.2) is 11.5 Å². The van der Waals surface area contributed by atoms with Gasteiger partial charge in [-0.2, -0.15) is 0 Å². The van der Waals surface area contributed by atoms with E-state index in [0.717, 1.165) is 30.8 Å². The van der Waals surface area contributed by atoms with Crippen molar-refractivity contribution < 1.29 is 14.1 Å². The van der Waals surface area contributed by atoms with Gasteiger partial charge in [-0.3, -0.25) is 9.59 Å². The zero-order valence-corrected chi connectivity index (χ0v) is 12.2. The van der Waals surface area contributed by atoms with Crippen LogP contribution in [0.1, 0.15) is 23.3 Å². The average molecular weight is 305 g/mol. The van der Waals surface area contributed by atoms with Crippen molar-refractivity contribution in [3.8, 4) is 10.6 Å². The molecule has 0 saturated carbocycles. The first-order valence-corrected chi connectivity index (χ1v) is 7.68. The molecule has 6 nitrogen and oxygen atoms in total. The Morgan fingerprint density at radius 2 is 2.19 bits per heavy atom. The Labute approximate surface area is 125 Å². The van der Waals surface area contributed by atoms with E-state index in [0.29, 0.717) is 5.76 Å². The standard InChI is InChI=1S/C14H15N3O3S/c18-13(17-5-1-2-6-17)9-15-14(19)10-8-11(20-16-10)12-4-3-7-21-12/h3-4,7-8H,1-2,5-6,9H2,(H,15,19). The Balaban J connectivity index is 1.57. The normalized spacial score (nSPS) is 14.4. The van der Waals surface area contributed by atoms with Crippen LogP contribution in [0.2, 0.25) is 0 Å². The Morgan fingerprint density at radius 1 is 1.38 bits per heavy atom. The van der Waals surface area contributed by atoms with Crippen LogP contribution >= 0.6 is 11.3 Å². The van der Waals surface area contributed by atoms with Crippen LogP contribution in [-0.2, 0) is 4.79 Å². The van der Waals surface area contributed by atoms with E-state index in [2.05, 4.69) is 10.5 Å². The largest absolute Gasteiger partial charge is 0.355 e. The maximum Gasteiger partial charge on any atom is 0.273 e. The number of likely N-dealkylation sites (tertiary alicyclic amines) is 1. The van der Waals surface area contributed by atoms with Crippen molar-refractivity contribution in [1.82, 2.24) is 15.4 Å². The van der Waals surface area contributed by atoms with Gasteiger partial charge >= 0.3 is 0 Å². The molecule has 1 aliphatic rings. The minimum absolute atomic E-state index is 0.0000284. The fraction of sp³-hybridized carbons (Fsp3) is 0.357. The second kappa shape index (κ2) is 6.09. The van der Waals surface area contributed by atoms with Gasteiger partial charge < -0.3 is 14.7 Å². The van der Waals surface area contributed by atoms with Gasteiger partial charge in [0.1, 0.15) is 0 Å². The maximum absolute atomic E-state index is 11.9. The monoisotopic (exact) mass is 305 g/mol. The second-order valence-electron chi connectivity index (χ2n) is 4.82. The van der Waals surface area contributed by atoms with Gasteiger partial charge in [0, 0.05) is 19.2 Å². The van der Waals surface area contributed by atoms with Crippen LogP contribution < -0.4 is 5.32 Å². The van der Waals surface area contributed by atoms with Gasteiger partial charge in [-0.1, -0.05) is 11.2 Å². The molecule has 1 saturated heterocycles. The van der Waals surface area contributed by atoms with Crippen molar-refractivity contribution in [2.45, 2.75) is 12.8 Å². The Morgan fingerprint density at radius 3 is 2.90 bits per heavy atom. The number of aromatic nitrogens is 1. The molecule has 0 radical (unpaired) electrons. The molecule has 0 bridgehead atoms. The lowest BCUT2D eigenvalue weighted by Crippen LogP contribution is -2.38. The van der Waals surface area contributed by atoms with Crippen molar-refractivity contribution in [2.75, 3.05) is 19.6 Å². The van der Waals surface area contributed by atoms with Gasteiger partial charge in [-0.05, 0) is 24.3 Å². The molecule has 0 aliphatic carbocycles. The third-order valence-electron chi connectivity index (χ3n) is 3.37. The van der Waals surface area contributed by atoms with Crippen LogP contribution in [0.5, 0.6) is 0 Å². The molecule has 0 unspecified atom stereocenters. The molecule has 1 N–H and O–H groups in total. The molecule has 0 aromatic carbocycles. The first kappa shape index (κ1) is 13.8. The van der Waals surface area contributed by atoms with Gasteiger partial charge in [0.2, 0.25) is 5.91 Å². The zero-order valence-electron chi connectivity index (χ0n) is 11.4. The SMILES string of the molecule is O=C(NCC(=O)N1CCCC1)c1cc(-c2cccs2)on1. The van der Waals surface area contributed by atoms with Crippen LogP contribution in [0.4, 0.5) is 0 Å². The molecule has 7 heteroatoms. The van der Waals surface area contributed by atoms with E-state index < -0.39 is 5.91 Å². The molecule has 3 rings (SSSR count). The highest BCUT2D eigenvalue weighted by atomic mass is 32.1. The topological polar surface area (TPSA) is 75.4 Å². The smallest absolute Gasteiger partial charge is 0.273 e. The average Bonchev–Trinajstić information content (AvgIpc) is 3.25. The first-order valence-electron chi connectivity index (χ1n) is 6.80. The molecular formula is C14H15N3O3S. The number of thiophene rings is 1. The summed E-state index contributed by atoms with van der Waals surface area (Å²) in [5.41, 5.74) is 0.188. The highest BCUT2D eigenvalue weighted by Gasteiger charge is 2.20. The quantitative estimate of drug-likeness (QED) is 0.934. The van der Waals surface area contributed by atoms with Crippen molar-refractivity contribution in [3.05, 3.63) is 29.3 Å². The summed E-state index contributed by atoms with van der Waals surface area (Å²) in [7, 11) is 0. The van der Waals surface area contributed by atoms with Gasteiger partial charge in [0.05, 0.1) is 11.4 Å². The van der Waals surface area contributed by atoms with E-state index in [1.54, 1.807) is 11.0 Å². The lowest BCUT2D eigenvalue weighted by Gasteiger charge is -2.14. The van der Waals surface area contributed by atoms with E-state index in [9.17, 15) is 9.59 Å². The highest BCUT2D eigenvalue weighted by molar-refractivity contribution is 7.13. The summed E-state index contributed by atoms with van der Waals surface area (Å²) >= 11 is 1.51. The number of carbonyl (C=O) groups excluding carboxylic acids is 2. The molecule has 21 heavy (non-hydrogen) atoms. The summed E-state index contributed by atoms with van der Waals surface area (Å²) in [6, 6.07) is 5.38. The Hall–Kier alpha value is -2.15. The lowest BCUT2D eigenvalue weighted by atomic mass is 10.3. The number of amides is 2. The van der Waals surface area contributed by atoms with Crippen molar-refractivity contribution in [3.63, 3.8) is 0 Å². The second-order valence-corrected chi connectivity index (χ2v) is 5.77. The summed E-state index contributed by atoms with van der Waals surface area (Å²) in [5, 5.41) is 8.25. The van der Waals surface area contributed by atoms with Crippen LogP contribution in [0, 0.1) is 0 Å². The zero-order chi connectivity index (χ0) is 14.7. The fourth-order valence-electron chi connectivity index (χ4n) is 2.24. The molecule has 1 aliphatic heterocycles. The Kier molecular flexibility index (Phi) is 4.01. The molecule has 2 aromatic heterocycles. The number of hydrogen-bond donors (Lipinski definition) is 1. The number of carbonyl (C=O) groups is 2. The third kappa shape index (κ3) is 3.13. The predicted molar refractivity (Wildman–Crippen MR) is 78.0 cm³/mol. The number of rotatable bonds is 4. The molecule has 0 spiro atoms. The molecule has 3 heterocycles. The van der Waals surface area contributed by atoms with E-state index >= 15 is 0 Å². The molecule has 0 atom stereocenters. The predicted octanol–water partition coefficient (Wildman–Crippen LogP) is 1.76. The van der Waals surface area contributed by atoms with E-state index in [1.807, 2.05) is 17.5 Å². The summed E-state index contributed by atoms with van der Waals surface area (Å²) in [6.07, 6.45) is 2.07. The first-order chi connectivity index (χ1) is 10.2. The van der Waals surface area contributed by atoms with E-state index in [-0.39, 0.29) is 18.1 Å². The summed E-state index contributed by atoms with van der Waals surface area (Å²) in [4.78, 5) is 26.5. The molecule has 1 fully saturated rings. The number of hydrogen-bond acceptors (Lipinski definition) is 5. The van der Waals surface area contributed by atoms with Gasteiger partial charge in [-0.25, -0.2) is 0 Å². The summed E-state index contributed by atoms with van der Waals surface area (Å²) in [5.74, 6) is 0.109. The number of nitrogens with one attached hydrogen (secondary N) is 1. The van der Waals surface area contributed by atoms with Crippen LogP contribution in [0.25, 0.3) is 10.6 Å². The van der Waals surface area contributed by atoms with Gasteiger partial charge in [-0.15, -0.1) is 11.3 Å². The molecule has 2 amide bonds. The van der Waals surface area contributed by atoms with Gasteiger partial charge in [0.25, 0.3) is 5.91 Å². The molecular weight excluding hydrogens is 290 g/mol. The summed E-state index contributed by atoms with van der Waals surface area (Å²) in [6.45, 7) is 1.56. The van der Waals surface area contributed by atoms with Crippen molar-refractivity contribution >= 4 is 23.2 Å². The van der Waals surface area contributed by atoms with E-state index in [1.165, 1.54) is 11.3 Å². The molecule has 2 aromatic rings. The number of nitrogens with zero attached hydrogens (tertiary/aromatic N) is 2. The Bertz CT molecular complexity index is 630. The maximum atomic E-state index is 11.9. The summed E-state index contributed by atoms with van der Waals surface area (Å²) < 4.78 is 5.14. The molecule has 110 valence electrons. The van der Waals surface area contributed by atoms with Crippen LogP contribution in [0.3, 0.4) is 0 Å². The van der Waals surface area contributed by atoms with Crippen LogP contribution in [0.15, 0.2) is 28.1 Å². The fourth-order valence-corrected chi connectivity index (χ4v) is 2.92. The third-order valence-corrected chi connectivity index (χ3v) is 4.25. The van der Waals surface area contributed by atoms with Crippen molar-refractivity contribution in [1.29, 1.82) is 0 Å². The minimum Gasteiger partial charge on any atom is -0.355 e. The lowest BCUT2D eigenvalue weighted by molar-refractivity contribution is -0.129. The van der Waals surface area contributed by atoms with Crippen molar-refractivity contribution in [2.24, 2.45) is 0 Å². The van der Waals surface area contributed by atoms with Crippen LogP contribution in [-0.4, -0.2) is 41.5 Å². The minimum atomic E-state index is -0.394.